The van der Waals surface area contributed by atoms with Crippen LogP contribution >= 0.6 is 0 Å². The van der Waals surface area contributed by atoms with Crippen molar-refractivity contribution >= 4 is 5.69 Å². The van der Waals surface area contributed by atoms with E-state index < -0.39 is 0 Å². The highest BCUT2D eigenvalue weighted by Crippen LogP contribution is 2.08. The fourth-order valence-electron chi connectivity index (χ4n) is 1.13. The Balaban J connectivity index is 2.19. The van der Waals surface area contributed by atoms with Crippen molar-refractivity contribution in [1.29, 1.82) is 5.26 Å². The van der Waals surface area contributed by atoms with Gasteiger partial charge in [-0.15, -0.1) is 0 Å². The predicted octanol–water partition coefficient (Wildman–Crippen LogP) is 2.93. The van der Waals surface area contributed by atoms with E-state index in [2.05, 4.69) is 11.4 Å². The van der Waals surface area contributed by atoms with Crippen LogP contribution in [0.3, 0.4) is 0 Å². The van der Waals surface area contributed by atoms with Gasteiger partial charge >= 0.3 is 0 Å². The van der Waals surface area contributed by atoms with Gasteiger partial charge in [0.2, 0.25) is 0 Å². The number of benzene rings is 1. The van der Waals surface area contributed by atoms with Gasteiger partial charge in [0, 0.05) is 18.7 Å². The number of anilines is 1. The van der Waals surface area contributed by atoms with Crippen molar-refractivity contribution in [2.24, 2.45) is 0 Å². The van der Waals surface area contributed by atoms with E-state index in [0.717, 1.165) is 25.1 Å². The third kappa shape index (κ3) is 3.90. The lowest BCUT2D eigenvalue weighted by molar-refractivity contribution is 0.628. The van der Waals surface area contributed by atoms with Crippen LogP contribution in [0.4, 0.5) is 10.1 Å². The zero-order valence-electron chi connectivity index (χ0n) is 7.96. The molecule has 2 nitrogen and oxygen atoms in total. The number of unbranched alkanes of at least 4 members (excludes halogenated alkanes) is 2. The maximum absolute atomic E-state index is 12.5. The molecule has 0 fully saturated rings. The van der Waals surface area contributed by atoms with E-state index in [-0.39, 0.29) is 5.82 Å². The lowest BCUT2D eigenvalue weighted by atomic mass is 10.2. The van der Waals surface area contributed by atoms with Crippen LogP contribution in [-0.4, -0.2) is 6.54 Å². The lowest BCUT2D eigenvalue weighted by Crippen LogP contribution is -2.00. The van der Waals surface area contributed by atoms with Crippen LogP contribution in [0.5, 0.6) is 0 Å². The zero-order chi connectivity index (χ0) is 10.2. The first-order valence-corrected chi connectivity index (χ1v) is 4.69. The molecule has 0 radical (unpaired) electrons. The van der Waals surface area contributed by atoms with Gasteiger partial charge in [-0.2, -0.15) is 5.26 Å². The normalized spacial score (nSPS) is 9.43. The third-order valence-corrected chi connectivity index (χ3v) is 1.89. The summed E-state index contributed by atoms with van der Waals surface area (Å²) in [6.07, 6.45) is 2.47. The Morgan fingerprint density at radius 3 is 2.57 bits per heavy atom. The van der Waals surface area contributed by atoms with Crippen LogP contribution < -0.4 is 5.32 Å². The molecular formula is C11H13FN2. The molecule has 0 aliphatic rings. The molecule has 0 aliphatic heterocycles. The Hall–Kier alpha value is -1.56. The highest BCUT2D eigenvalue weighted by Gasteiger charge is 1.92. The van der Waals surface area contributed by atoms with E-state index in [9.17, 15) is 4.39 Å². The molecule has 0 saturated heterocycles. The summed E-state index contributed by atoms with van der Waals surface area (Å²) in [6.45, 7) is 0.827. The molecule has 0 unspecified atom stereocenters. The minimum Gasteiger partial charge on any atom is -0.385 e. The zero-order valence-corrected chi connectivity index (χ0v) is 7.96. The summed E-state index contributed by atoms with van der Waals surface area (Å²) in [5, 5.41) is 11.5. The minimum atomic E-state index is -0.222. The number of hydrogen-bond donors (Lipinski definition) is 1. The van der Waals surface area contributed by atoms with Gasteiger partial charge in [0.15, 0.2) is 0 Å². The number of halogens is 1. The quantitative estimate of drug-likeness (QED) is 0.728. The Bertz CT molecular complexity index is 300. The lowest BCUT2D eigenvalue weighted by Gasteiger charge is -2.04. The number of nitrogens with one attached hydrogen (secondary N) is 1. The molecule has 74 valence electrons. The van der Waals surface area contributed by atoms with Gasteiger partial charge in [-0.25, -0.2) is 4.39 Å². The molecule has 1 aromatic carbocycles. The van der Waals surface area contributed by atoms with Crippen LogP contribution in [0.15, 0.2) is 24.3 Å². The average Bonchev–Trinajstić information content (AvgIpc) is 2.21. The molecule has 0 saturated carbocycles. The van der Waals surface area contributed by atoms with Gasteiger partial charge in [0.1, 0.15) is 5.82 Å². The summed E-state index contributed by atoms with van der Waals surface area (Å²) in [7, 11) is 0. The molecule has 1 rings (SSSR count). The van der Waals surface area contributed by atoms with Crippen molar-refractivity contribution in [3.8, 4) is 6.07 Å². The van der Waals surface area contributed by atoms with E-state index in [1.165, 1.54) is 12.1 Å². The maximum Gasteiger partial charge on any atom is 0.123 e. The monoisotopic (exact) mass is 192 g/mol. The molecule has 0 bridgehead atoms. The minimum absolute atomic E-state index is 0.222. The Morgan fingerprint density at radius 2 is 1.93 bits per heavy atom. The van der Waals surface area contributed by atoms with Gasteiger partial charge in [0.05, 0.1) is 6.07 Å². The van der Waals surface area contributed by atoms with Gasteiger partial charge in [-0.05, 0) is 37.1 Å². The van der Waals surface area contributed by atoms with Gasteiger partial charge in [-0.1, -0.05) is 0 Å². The summed E-state index contributed by atoms with van der Waals surface area (Å²) in [6, 6.07) is 8.37. The maximum atomic E-state index is 12.5. The second-order valence-electron chi connectivity index (χ2n) is 3.05. The fraction of sp³-hybridized carbons (Fsp3) is 0.364. The topological polar surface area (TPSA) is 35.8 Å². The first-order chi connectivity index (χ1) is 6.83. The van der Waals surface area contributed by atoms with Crippen LogP contribution in [0.1, 0.15) is 19.3 Å². The molecule has 1 N–H and O–H groups in total. The van der Waals surface area contributed by atoms with Gasteiger partial charge in [-0.3, -0.25) is 0 Å². The SMILES string of the molecule is N#CCCCCNc1ccc(F)cc1. The molecule has 0 atom stereocenters. The van der Waals surface area contributed by atoms with Crippen molar-refractivity contribution < 1.29 is 4.39 Å². The molecule has 0 aromatic heterocycles. The van der Waals surface area contributed by atoms with Crippen LogP contribution in [0.25, 0.3) is 0 Å². The molecule has 1 aromatic rings. The predicted molar refractivity (Wildman–Crippen MR) is 54.4 cm³/mol. The molecule has 3 heteroatoms. The van der Waals surface area contributed by atoms with E-state index >= 15 is 0 Å². The fourth-order valence-corrected chi connectivity index (χ4v) is 1.13. The van der Waals surface area contributed by atoms with Gasteiger partial charge < -0.3 is 5.32 Å². The van der Waals surface area contributed by atoms with Gasteiger partial charge in [0.25, 0.3) is 0 Å². The van der Waals surface area contributed by atoms with E-state index in [4.69, 9.17) is 5.26 Å². The Kier molecular flexibility index (Phi) is 4.49. The smallest absolute Gasteiger partial charge is 0.123 e. The second-order valence-corrected chi connectivity index (χ2v) is 3.05. The highest BCUT2D eigenvalue weighted by molar-refractivity contribution is 5.42. The Labute approximate surface area is 83.4 Å². The van der Waals surface area contributed by atoms with Crippen molar-refractivity contribution in [3.05, 3.63) is 30.1 Å². The second kappa shape index (κ2) is 5.98. The molecule has 0 amide bonds. The van der Waals surface area contributed by atoms with Crippen molar-refractivity contribution in [2.45, 2.75) is 19.3 Å². The van der Waals surface area contributed by atoms with Crippen molar-refractivity contribution in [3.63, 3.8) is 0 Å². The summed E-state index contributed by atoms with van der Waals surface area (Å²) >= 11 is 0. The summed E-state index contributed by atoms with van der Waals surface area (Å²) < 4.78 is 12.5. The number of hydrogen-bond acceptors (Lipinski definition) is 2. The largest absolute Gasteiger partial charge is 0.385 e. The van der Waals surface area contributed by atoms with Crippen molar-refractivity contribution in [2.75, 3.05) is 11.9 Å². The first-order valence-electron chi connectivity index (χ1n) is 4.69. The molecular weight excluding hydrogens is 179 g/mol. The molecule has 0 spiro atoms. The van der Waals surface area contributed by atoms with Crippen molar-refractivity contribution in [1.82, 2.24) is 0 Å². The third-order valence-electron chi connectivity index (χ3n) is 1.89. The van der Waals surface area contributed by atoms with E-state index in [0.29, 0.717) is 6.42 Å². The summed E-state index contributed by atoms with van der Waals surface area (Å²) in [5.41, 5.74) is 0.920. The Morgan fingerprint density at radius 1 is 1.21 bits per heavy atom. The van der Waals surface area contributed by atoms with E-state index in [1.807, 2.05) is 0 Å². The molecule has 0 aliphatic carbocycles. The van der Waals surface area contributed by atoms with E-state index in [1.54, 1.807) is 12.1 Å². The van der Waals surface area contributed by atoms with Crippen LogP contribution in [0.2, 0.25) is 0 Å². The summed E-state index contributed by atoms with van der Waals surface area (Å²) in [5.74, 6) is -0.222. The standard InChI is InChI=1S/C11H13FN2/c12-10-4-6-11(7-5-10)14-9-3-1-2-8-13/h4-7,14H,1-3,9H2. The molecule has 14 heavy (non-hydrogen) atoms. The number of rotatable bonds is 5. The molecule has 0 heterocycles. The first kappa shape index (κ1) is 10.5. The van der Waals surface area contributed by atoms with Crippen LogP contribution in [0, 0.1) is 17.1 Å². The highest BCUT2D eigenvalue weighted by atomic mass is 19.1. The number of nitrogens with zero attached hydrogens (tertiary/aromatic N) is 1. The summed E-state index contributed by atoms with van der Waals surface area (Å²) in [4.78, 5) is 0. The number of nitriles is 1. The van der Waals surface area contributed by atoms with Crippen LogP contribution in [-0.2, 0) is 0 Å². The average molecular weight is 192 g/mol.